The average Bonchev–Trinajstić information content (AvgIpc) is 2.86. The molecular formula is C28H50K2N3O-. The first kappa shape index (κ1) is 48.1. The van der Waals surface area contributed by atoms with Crippen LogP contribution < -0.4 is 108 Å². The number of nitrogens with zero attached hydrogens (tertiary/aromatic N) is 1. The van der Waals surface area contributed by atoms with Crippen LogP contribution in [0.2, 0.25) is 0 Å². The second kappa shape index (κ2) is 38.6. The van der Waals surface area contributed by atoms with E-state index in [1.54, 1.807) is 31.3 Å². The zero-order valence-corrected chi connectivity index (χ0v) is 30.8. The van der Waals surface area contributed by atoms with Crippen LogP contribution in [0.1, 0.15) is 99.6 Å². The Morgan fingerprint density at radius 2 is 1.59 bits per heavy atom. The molecule has 6 heteroatoms. The molecule has 186 valence electrons. The second-order valence-corrected chi connectivity index (χ2v) is 5.89. The number of rotatable bonds is 8. The van der Waals surface area contributed by atoms with Gasteiger partial charge >= 0.3 is 103 Å². The molecule has 0 aliphatic rings. The molecule has 0 heterocycles. The van der Waals surface area contributed by atoms with Gasteiger partial charge in [0.1, 0.15) is 0 Å². The third-order valence-electron chi connectivity index (χ3n) is 3.96. The van der Waals surface area contributed by atoms with E-state index in [4.69, 9.17) is 5.41 Å². The van der Waals surface area contributed by atoms with Gasteiger partial charge < -0.3 is 29.4 Å². The van der Waals surface area contributed by atoms with Crippen molar-refractivity contribution in [2.45, 2.75) is 94.9 Å². The summed E-state index contributed by atoms with van der Waals surface area (Å²) in [5, 5.41) is 10.8. The van der Waals surface area contributed by atoms with Gasteiger partial charge in [-0.15, -0.1) is 11.1 Å². The van der Waals surface area contributed by atoms with Crippen LogP contribution in [0.4, 0.5) is 5.69 Å². The van der Waals surface area contributed by atoms with E-state index < -0.39 is 0 Å². The van der Waals surface area contributed by atoms with Gasteiger partial charge in [-0.1, -0.05) is 92.4 Å². The van der Waals surface area contributed by atoms with E-state index in [0.29, 0.717) is 17.1 Å². The monoisotopic (exact) mass is 522 g/mol. The molecule has 1 aromatic carbocycles. The van der Waals surface area contributed by atoms with Crippen LogP contribution in [0.15, 0.2) is 35.5 Å². The van der Waals surface area contributed by atoms with Gasteiger partial charge in [0.2, 0.25) is 0 Å². The molecule has 0 aliphatic carbocycles. The van der Waals surface area contributed by atoms with E-state index >= 15 is 0 Å². The normalized spacial score (nSPS) is 9.15. The fraction of sp³-hybridized carbons (Fsp3) is 0.536. The van der Waals surface area contributed by atoms with E-state index in [1.165, 1.54) is 6.42 Å². The average molecular weight is 523 g/mol. The van der Waals surface area contributed by atoms with Crippen LogP contribution in [0.5, 0.6) is 0 Å². The van der Waals surface area contributed by atoms with Crippen LogP contribution in [-0.4, -0.2) is 17.8 Å². The third-order valence-corrected chi connectivity index (χ3v) is 3.96. The molecule has 0 atom stereocenters. The van der Waals surface area contributed by atoms with Crippen molar-refractivity contribution in [2.75, 3.05) is 5.32 Å². The van der Waals surface area contributed by atoms with Crippen molar-refractivity contribution in [3.05, 3.63) is 55.4 Å². The summed E-state index contributed by atoms with van der Waals surface area (Å²) in [6.45, 7) is 27.3. The Balaban J connectivity index is -0.000000111. The third kappa shape index (κ3) is 26.1. The van der Waals surface area contributed by atoms with Gasteiger partial charge in [-0.25, -0.2) is 4.99 Å². The molecular weight excluding hydrogens is 473 g/mol. The smallest absolute Gasteiger partial charge is 0.376 e. The van der Waals surface area contributed by atoms with Crippen LogP contribution in [-0.2, 0) is 11.2 Å². The van der Waals surface area contributed by atoms with Gasteiger partial charge in [-0.2, -0.15) is 18.9 Å². The molecule has 0 aliphatic heterocycles. The van der Waals surface area contributed by atoms with Gasteiger partial charge in [0.15, 0.2) is 5.84 Å². The Kier molecular flexibility index (Phi) is 54.6. The van der Waals surface area contributed by atoms with Crippen LogP contribution in [0, 0.1) is 25.2 Å². The Bertz CT molecular complexity index is 621. The quantitative estimate of drug-likeness (QED) is 0.239. The van der Waals surface area contributed by atoms with E-state index in [2.05, 4.69) is 31.1 Å². The number of nitrogens with one attached hydrogen (secondary N) is 2. The van der Waals surface area contributed by atoms with Crippen molar-refractivity contribution in [1.29, 1.82) is 5.41 Å². The number of benzene rings is 1. The van der Waals surface area contributed by atoms with Crippen molar-refractivity contribution >= 4 is 23.5 Å². The molecule has 34 heavy (non-hydrogen) atoms. The number of anilines is 1. The van der Waals surface area contributed by atoms with Gasteiger partial charge in [-0.3, -0.25) is 0 Å². The van der Waals surface area contributed by atoms with Crippen LogP contribution >= 0.6 is 0 Å². The summed E-state index contributed by atoms with van der Waals surface area (Å²) in [4.78, 5) is 14.9. The summed E-state index contributed by atoms with van der Waals surface area (Å²) in [6.07, 6.45) is 9.42. The Labute approximate surface area is 298 Å². The summed E-state index contributed by atoms with van der Waals surface area (Å²) in [7, 11) is 0. The minimum atomic E-state index is 0. The van der Waals surface area contributed by atoms with E-state index in [-0.39, 0.29) is 103 Å². The van der Waals surface area contributed by atoms with E-state index in [9.17, 15) is 4.79 Å². The van der Waals surface area contributed by atoms with Gasteiger partial charge in [0, 0.05) is 11.9 Å². The summed E-state index contributed by atoms with van der Waals surface area (Å²) >= 11 is 0. The zero-order valence-electron chi connectivity index (χ0n) is 24.6. The molecule has 0 saturated heterocycles. The van der Waals surface area contributed by atoms with Crippen LogP contribution in [0.3, 0.4) is 0 Å². The number of carbonyl (C=O) groups excluding carboxylic acids is 1. The summed E-state index contributed by atoms with van der Waals surface area (Å²) in [6, 6.07) is 5.39. The Morgan fingerprint density at radius 1 is 1.09 bits per heavy atom. The first-order valence-electron chi connectivity index (χ1n) is 12.1. The molecule has 0 unspecified atom stereocenters. The maximum atomic E-state index is 10.8. The van der Waals surface area contributed by atoms with Crippen LogP contribution in [0.25, 0.3) is 0 Å². The molecule has 4 nitrogen and oxygen atoms in total. The Hall–Kier alpha value is 1.04. The zero-order chi connectivity index (χ0) is 25.9. The SMILES string of the molecule is C/C=C\N=C(Nc1ccc([C-]=O)c(CC)c1)C(C)=N.CC.CC.CC.[CH2-]CC(C[CH2-])CC.[K+].[K+]. The minimum absolute atomic E-state index is 0. The topological polar surface area (TPSA) is 65.3 Å². The van der Waals surface area contributed by atoms with E-state index in [1.807, 2.05) is 67.7 Å². The first-order valence-corrected chi connectivity index (χ1v) is 12.1. The number of aryl methyl sites for hydroxylation is 1. The molecule has 1 aromatic rings. The standard InChI is InChI=1S/C15H18N3O.C7H14.3C2H6.2K/c1-4-8-17-15(11(3)16)18-14-7-6-13(10-19)12(5-2)9-14;1-4-7(5-2)6-3;3*1-2;;/h4,6-9,16H,5H2,1-3H3,(H,17,18);7H,1-2,4-6H2,3H3;3*1-2H3;;/q-1;-2;;;;2*+1/b8-4-,16-11?;;;;;;. The van der Waals surface area contributed by atoms with Crippen molar-refractivity contribution in [1.82, 2.24) is 0 Å². The number of amidine groups is 1. The molecule has 2 N–H and O–H groups in total. The maximum absolute atomic E-state index is 10.8. The van der Waals surface area contributed by atoms with Gasteiger partial charge in [0.25, 0.3) is 0 Å². The molecule has 0 aromatic heterocycles. The molecule has 0 saturated carbocycles. The second-order valence-electron chi connectivity index (χ2n) is 5.89. The van der Waals surface area contributed by atoms with Crippen molar-refractivity contribution in [3.8, 4) is 0 Å². The predicted octanol–water partition coefficient (Wildman–Crippen LogP) is 2.64. The maximum Gasteiger partial charge on any atom is 1.00 e. The minimum Gasteiger partial charge on any atom is -0.376 e. The molecule has 0 fully saturated rings. The number of hydrogen-bond donors (Lipinski definition) is 2. The fourth-order valence-corrected chi connectivity index (χ4v) is 2.12. The Morgan fingerprint density at radius 3 is 1.88 bits per heavy atom. The number of aliphatic imine (C=N–C) groups is 1. The number of hydrogen-bond acceptors (Lipinski definition) is 3. The molecule has 0 bridgehead atoms. The van der Waals surface area contributed by atoms with Crippen molar-refractivity contribution < 1.29 is 108 Å². The summed E-state index contributed by atoms with van der Waals surface area (Å²) < 4.78 is 0. The summed E-state index contributed by atoms with van der Waals surface area (Å²) in [5.41, 5.74) is 2.66. The largest absolute Gasteiger partial charge is 1.00 e. The number of allylic oxidation sites excluding steroid dienone is 1. The van der Waals surface area contributed by atoms with Crippen molar-refractivity contribution in [2.24, 2.45) is 10.9 Å². The predicted molar refractivity (Wildman–Crippen MR) is 148 cm³/mol. The van der Waals surface area contributed by atoms with Crippen molar-refractivity contribution in [3.63, 3.8) is 0 Å². The fourth-order valence-electron chi connectivity index (χ4n) is 2.12. The molecule has 0 radical (unpaired) electrons. The molecule has 1 rings (SSSR count). The molecule has 0 amide bonds. The molecule has 0 spiro atoms. The first-order chi connectivity index (χ1) is 15.5. The summed E-state index contributed by atoms with van der Waals surface area (Å²) in [5.74, 6) is 1.25. The van der Waals surface area contributed by atoms with Gasteiger partial charge in [0.05, 0.1) is 12.0 Å². The van der Waals surface area contributed by atoms with E-state index in [0.717, 1.165) is 36.4 Å². The van der Waals surface area contributed by atoms with Gasteiger partial charge in [-0.05, 0) is 13.8 Å².